The SMILES string of the molecule is COCc1ccccc1NC(=O)NCc1n[nH]c(=S)n1C1CC1. The Balaban J connectivity index is 1.61. The molecule has 0 aliphatic heterocycles. The second kappa shape index (κ2) is 6.93. The van der Waals surface area contributed by atoms with E-state index in [0.717, 1.165) is 29.9 Å². The number of aromatic amines is 1. The molecule has 0 bridgehead atoms. The highest BCUT2D eigenvalue weighted by Gasteiger charge is 2.27. The quantitative estimate of drug-likeness (QED) is 0.710. The van der Waals surface area contributed by atoms with Crippen LogP contribution in [0.5, 0.6) is 0 Å². The van der Waals surface area contributed by atoms with E-state index in [1.54, 1.807) is 7.11 Å². The van der Waals surface area contributed by atoms with Crippen LogP contribution in [-0.4, -0.2) is 27.9 Å². The van der Waals surface area contributed by atoms with Crippen molar-refractivity contribution in [2.24, 2.45) is 0 Å². The van der Waals surface area contributed by atoms with Crippen LogP contribution in [0.1, 0.15) is 30.3 Å². The first kappa shape index (κ1) is 15.7. The van der Waals surface area contributed by atoms with Gasteiger partial charge in [0.2, 0.25) is 0 Å². The number of hydrogen-bond acceptors (Lipinski definition) is 4. The molecule has 122 valence electrons. The minimum atomic E-state index is -0.287. The number of carbonyl (C=O) groups is 1. The van der Waals surface area contributed by atoms with Gasteiger partial charge >= 0.3 is 6.03 Å². The molecule has 2 amide bonds. The Labute approximate surface area is 139 Å². The summed E-state index contributed by atoms with van der Waals surface area (Å²) in [5.74, 6) is 0.748. The number of nitrogens with zero attached hydrogens (tertiary/aromatic N) is 2. The van der Waals surface area contributed by atoms with Crippen molar-refractivity contribution in [1.82, 2.24) is 20.1 Å². The van der Waals surface area contributed by atoms with Gasteiger partial charge in [-0.2, -0.15) is 5.10 Å². The summed E-state index contributed by atoms with van der Waals surface area (Å²) < 4.78 is 7.72. The van der Waals surface area contributed by atoms with Crippen molar-refractivity contribution in [2.45, 2.75) is 32.0 Å². The van der Waals surface area contributed by atoms with Crippen molar-refractivity contribution in [3.8, 4) is 0 Å². The maximum atomic E-state index is 12.1. The van der Waals surface area contributed by atoms with Crippen molar-refractivity contribution < 1.29 is 9.53 Å². The van der Waals surface area contributed by atoms with Gasteiger partial charge in [0.15, 0.2) is 10.6 Å². The molecule has 1 saturated carbocycles. The van der Waals surface area contributed by atoms with E-state index in [2.05, 4.69) is 20.8 Å². The third kappa shape index (κ3) is 3.77. The molecule has 1 fully saturated rings. The Kier molecular flexibility index (Phi) is 4.73. The molecule has 1 heterocycles. The number of aromatic nitrogens is 3. The number of ether oxygens (including phenoxy) is 1. The number of benzene rings is 1. The summed E-state index contributed by atoms with van der Waals surface area (Å²) in [5.41, 5.74) is 1.65. The number of carbonyl (C=O) groups excluding carboxylic acids is 1. The molecule has 0 unspecified atom stereocenters. The fourth-order valence-electron chi connectivity index (χ4n) is 2.42. The lowest BCUT2D eigenvalue weighted by atomic mass is 10.2. The zero-order valence-electron chi connectivity index (χ0n) is 12.8. The van der Waals surface area contributed by atoms with Crippen molar-refractivity contribution in [3.63, 3.8) is 0 Å². The highest BCUT2D eigenvalue weighted by atomic mass is 32.1. The predicted molar refractivity (Wildman–Crippen MR) is 88.7 cm³/mol. The first-order chi connectivity index (χ1) is 11.2. The van der Waals surface area contributed by atoms with E-state index in [1.807, 2.05) is 28.8 Å². The Morgan fingerprint density at radius 3 is 3.00 bits per heavy atom. The minimum Gasteiger partial charge on any atom is -0.380 e. The molecule has 23 heavy (non-hydrogen) atoms. The van der Waals surface area contributed by atoms with Gasteiger partial charge in [-0.25, -0.2) is 4.79 Å². The molecule has 8 heteroatoms. The molecule has 0 radical (unpaired) electrons. The maximum absolute atomic E-state index is 12.1. The van der Waals surface area contributed by atoms with Gasteiger partial charge in [0, 0.05) is 24.4 Å². The zero-order chi connectivity index (χ0) is 16.2. The van der Waals surface area contributed by atoms with Crippen LogP contribution in [0, 0.1) is 4.77 Å². The molecule has 7 nitrogen and oxygen atoms in total. The molecule has 1 aliphatic carbocycles. The summed E-state index contributed by atoms with van der Waals surface area (Å²) in [5, 5.41) is 12.6. The van der Waals surface area contributed by atoms with E-state index >= 15 is 0 Å². The van der Waals surface area contributed by atoms with Crippen LogP contribution in [-0.2, 0) is 17.9 Å². The number of para-hydroxylation sites is 1. The van der Waals surface area contributed by atoms with Crippen LogP contribution < -0.4 is 10.6 Å². The normalized spacial score (nSPS) is 13.8. The Bertz CT molecular complexity index is 750. The van der Waals surface area contributed by atoms with Crippen LogP contribution in [0.3, 0.4) is 0 Å². The van der Waals surface area contributed by atoms with E-state index in [4.69, 9.17) is 17.0 Å². The molecule has 0 spiro atoms. The summed E-state index contributed by atoms with van der Waals surface area (Å²) in [6, 6.07) is 7.66. The van der Waals surface area contributed by atoms with E-state index in [1.165, 1.54) is 0 Å². The Morgan fingerprint density at radius 1 is 1.48 bits per heavy atom. The van der Waals surface area contributed by atoms with Gasteiger partial charge < -0.3 is 15.4 Å². The summed E-state index contributed by atoms with van der Waals surface area (Å²) in [6.07, 6.45) is 2.22. The van der Waals surface area contributed by atoms with Crippen LogP contribution in [0.4, 0.5) is 10.5 Å². The first-order valence-corrected chi connectivity index (χ1v) is 7.87. The Morgan fingerprint density at radius 2 is 2.26 bits per heavy atom. The standard InChI is InChI=1S/C15H19N5O2S/c1-22-9-10-4-2-3-5-12(10)17-14(21)16-8-13-18-19-15(23)20(13)11-6-7-11/h2-5,11H,6-9H2,1H3,(H,19,23)(H2,16,17,21). The largest absolute Gasteiger partial charge is 0.380 e. The summed E-state index contributed by atoms with van der Waals surface area (Å²) in [7, 11) is 1.62. The molecule has 0 atom stereocenters. The highest BCUT2D eigenvalue weighted by Crippen LogP contribution is 2.35. The average molecular weight is 333 g/mol. The number of amides is 2. The van der Waals surface area contributed by atoms with Gasteiger partial charge in [-0.1, -0.05) is 18.2 Å². The molecule has 2 aromatic rings. The lowest BCUT2D eigenvalue weighted by Gasteiger charge is -2.11. The number of H-pyrrole nitrogens is 1. The fourth-order valence-corrected chi connectivity index (χ4v) is 2.72. The summed E-state index contributed by atoms with van der Waals surface area (Å²) in [6.45, 7) is 0.763. The van der Waals surface area contributed by atoms with Crippen molar-refractivity contribution >= 4 is 23.9 Å². The maximum Gasteiger partial charge on any atom is 0.319 e. The smallest absolute Gasteiger partial charge is 0.319 e. The third-order valence-electron chi connectivity index (χ3n) is 3.66. The zero-order valence-corrected chi connectivity index (χ0v) is 13.7. The molecule has 3 rings (SSSR count). The summed E-state index contributed by atoms with van der Waals surface area (Å²) >= 11 is 5.22. The number of urea groups is 1. The topological polar surface area (TPSA) is 84.0 Å². The van der Waals surface area contributed by atoms with Crippen molar-refractivity contribution in [2.75, 3.05) is 12.4 Å². The van der Waals surface area contributed by atoms with Gasteiger partial charge in [0.05, 0.1) is 13.2 Å². The van der Waals surface area contributed by atoms with Crippen LogP contribution in [0.25, 0.3) is 0 Å². The molecule has 1 aromatic heterocycles. The summed E-state index contributed by atoms with van der Waals surface area (Å²) in [4.78, 5) is 12.1. The lowest BCUT2D eigenvalue weighted by molar-refractivity contribution is 0.185. The minimum absolute atomic E-state index is 0.287. The van der Waals surface area contributed by atoms with E-state index < -0.39 is 0 Å². The van der Waals surface area contributed by atoms with Gasteiger partial charge in [0.25, 0.3) is 0 Å². The monoisotopic (exact) mass is 333 g/mol. The number of hydrogen-bond donors (Lipinski definition) is 3. The first-order valence-electron chi connectivity index (χ1n) is 7.46. The van der Waals surface area contributed by atoms with Crippen LogP contribution >= 0.6 is 12.2 Å². The van der Waals surface area contributed by atoms with Gasteiger partial charge in [-0.05, 0) is 31.1 Å². The average Bonchev–Trinajstić information content (AvgIpc) is 3.31. The van der Waals surface area contributed by atoms with Gasteiger partial charge in [-0.3, -0.25) is 9.67 Å². The molecule has 0 saturated heterocycles. The third-order valence-corrected chi connectivity index (χ3v) is 3.95. The Hall–Kier alpha value is -2.19. The predicted octanol–water partition coefficient (Wildman–Crippen LogP) is 2.74. The molecule has 1 aliphatic rings. The highest BCUT2D eigenvalue weighted by molar-refractivity contribution is 7.71. The van der Waals surface area contributed by atoms with Gasteiger partial charge in [-0.15, -0.1) is 0 Å². The molecular formula is C15H19N5O2S. The van der Waals surface area contributed by atoms with Crippen molar-refractivity contribution in [1.29, 1.82) is 0 Å². The van der Waals surface area contributed by atoms with Crippen LogP contribution in [0.15, 0.2) is 24.3 Å². The molecule has 1 aromatic carbocycles. The van der Waals surface area contributed by atoms with E-state index in [-0.39, 0.29) is 6.03 Å². The number of anilines is 1. The number of rotatable bonds is 6. The molecule has 3 N–H and O–H groups in total. The second-order valence-electron chi connectivity index (χ2n) is 5.44. The fraction of sp³-hybridized carbons (Fsp3) is 0.400. The van der Waals surface area contributed by atoms with Gasteiger partial charge in [0.1, 0.15) is 0 Å². The number of methoxy groups -OCH3 is 1. The van der Waals surface area contributed by atoms with Crippen molar-refractivity contribution in [3.05, 3.63) is 40.4 Å². The second-order valence-corrected chi connectivity index (χ2v) is 5.83. The van der Waals surface area contributed by atoms with E-state index in [9.17, 15) is 4.79 Å². The molecular weight excluding hydrogens is 314 g/mol. The van der Waals surface area contributed by atoms with E-state index in [0.29, 0.717) is 24.0 Å². The lowest BCUT2D eigenvalue weighted by Crippen LogP contribution is -2.29. The van der Waals surface area contributed by atoms with Crippen LogP contribution in [0.2, 0.25) is 0 Å². The number of nitrogens with one attached hydrogen (secondary N) is 3.